The van der Waals surface area contributed by atoms with Crippen molar-refractivity contribution in [1.82, 2.24) is 0 Å². The second-order valence-electron chi connectivity index (χ2n) is 22.7. The average Bonchev–Trinajstić information content (AvgIpc) is 3.73. The van der Waals surface area contributed by atoms with Gasteiger partial charge in [0.1, 0.15) is 11.2 Å². The van der Waals surface area contributed by atoms with Crippen LogP contribution in [0.15, 0.2) is 211 Å². The van der Waals surface area contributed by atoms with Crippen molar-refractivity contribution in [3.8, 4) is 22.3 Å². The Balaban J connectivity index is 1.05. The van der Waals surface area contributed by atoms with Crippen LogP contribution in [0.2, 0.25) is 0 Å². The lowest BCUT2D eigenvalue weighted by atomic mass is 9.86. The lowest BCUT2D eigenvalue weighted by Gasteiger charge is -2.30. The predicted molar refractivity (Wildman–Crippen MR) is 315 cm³/mol. The van der Waals surface area contributed by atoms with Crippen molar-refractivity contribution in [2.75, 3.05) is 9.80 Å². The molecule has 3 heteroatoms. The van der Waals surface area contributed by atoms with Gasteiger partial charge in [0.15, 0.2) is 0 Å². The Labute approximate surface area is 432 Å². The maximum atomic E-state index is 6.91. The van der Waals surface area contributed by atoms with E-state index in [0.29, 0.717) is 11.8 Å². The van der Waals surface area contributed by atoms with Gasteiger partial charge in [0.05, 0.1) is 11.4 Å². The number of benzene rings is 10. The first-order valence-electron chi connectivity index (χ1n) is 26.1. The molecule has 0 bridgehead atoms. The summed E-state index contributed by atoms with van der Waals surface area (Å²) in [6.07, 6.45) is 0. The fourth-order valence-corrected chi connectivity index (χ4v) is 10.5. The molecule has 11 rings (SSSR count). The Kier molecular flexibility index (Phi) is 12.1. The van der Waals surface area contributed by atoms with Crippen LogP contribution in [0.25, 0.3) is 65.7 Å². The van der Waals surface area contributed by atoms with E-state index in [0.717, 1.165) is 66.8 Å². The second-order valence-corrected chi connectivity index (χ2v) is 22.7. The van der Waals surface area contributed by atoms with E-state index >= 15 is 0 Å². The van der Waals surface area contributed by atoms with Crippen molar-refractivity contribution in [2.45, 2.75) is 91.9 Å². The number of rotatable bonds is 10. The molecular weight excluding hydrogens is 885 g/mol. The average molecular weight is 951 g/mol. The van der Waals surface area contributed by atoms with E-state index in [4.69, 9.17) is 4.42 Å². The fourth-order valence-electron chi connectivity index (χ4n) is 10.5. The van der Waals surface area contributed by atoms with E-state index in [1.54, 1.807) is 0 Å². The molecule has 11 aromatic rings. The minimum Gasteiger partial charge on any atom is -0.456 e. The summed E-state index contributed by atoms with van der Waals surface area (Å²) < 4.78 is 6.91. The predicted octanol–water partition coefficient (Wildman–Crippen LogP) is 21.0. The first-order valence-corrected chi connectivity index (χ1v) is 26.1. The van der Waals surface area contributed by atoms with Gasteiger partial charge in [0.2, 0.25) is 0 Å². The molecule has 0 aliphatic heterocycles. The molecule has 0 unspecified atom stereocenters. The van der Waals surface area contributed by atoms with Gasteiger partial charge in [-0.2, -0.15) is 0 Å². The van der Waals surface area contributed by atoms with Crippen LogP contribution in [-0.4, -0.2) is 0 Å². The molecule has 0 amide bonds. The smallest absolute Gasteiger partial charge is 0.136 e. The number of anilines is 6. The van der Waals surface area contributed by atoms with Crippen LogP contribution in [0.3, 0.4) is 0 Å². The van der Waals surface area contributed by atoms with Crippen molar-refractivity contribution in [2.24, 2.45) is 0 Å². The largest absolute Gasteiger partial charge is 0.456 e. The van der Waals surface area contributed by atoms with Crippen molar-refractivity contribution in [3.05, 3.63) is 229 Å². The van der Waals surface area contributed by atoms with Crippen LogP contribution >= 0.6 is 0 Å². The minimum absolute atomic E-state index is 0.0168. The van der Waals surface area contributed by atoms with Gasteiger partial charge in [-0.1, -0.05) is 178 Å². The molecule has 0 N–H and O–H groups in total. The van der Waals surface area contributed by atoms with E-state index in [1.807, 2.05) is 0 Å². The molecule has 0 saturated heterocycles. The van der Waals surface area contributed by atoms with Crippen molar-refractivity contribution < 1.29 is 4.42 Å². The number of nitrogens with zero attached hydrogens (tertiary/aromatic N) is 2. The van der Waals surface area contributed by atoms with Gasteiger partial charge in [-0.25, -0.2) is 0 Å². The summed E-state index contributed by atoms with van der Waals surface area (Å²) in [5.41, 5.74) is 18.5. The fraction of sp³-hybridized carbons (Fsp3) is 0.200. The van der Waals surface area contributed by atoms with Gasteiger partial charge in [-0.3, -0.25) is 0 Å². The summed E-state index contributed by atoms with van der Waals surface area (Å²) in [6.45, 7) is 22.8. The van der Waals surface area contributed by atoms with Gasteiger partial charge in [0.25, 0.3) is 0 Å². The zero-order valence-electron chi connectivity index (χ0n) is 44.1. The van der Waals surface area contributed by atoms with Crippen LogP contribution in [0.1, 0.15) is 103 Å². The summed E-state index contributed by atoms with van der Waals surface area (Å²) in [6, 6.07) is 76.7. The topological polar surface area (TPSA) is 19.6 Å². The Morgan fingerprint density at radius 1 is 0.342 bits per heavy atom. The van der Waals surface area contributed by atoms with E-state index in [9.17, 15) is 0 Å². The molecule has 0 atom stereocenters. The molecule has 0 saturated carbocycles. The molecule has 10 aromatic carbocycles. The number of hydrogen-bond acceptors (Lipinski definition) is 3. The normalized spacial score (nSPS) is 12.2. The Morgan fingerprint density at radius 2 is 0.740 bits per heavy atom. The maximum absolute atomic E-state index is 6.91. The molecule has 0 aliphatic carbocycles. The van der Waals surface area contributed by atoms with Crippen LogP contribution in [0.5, 0.6) is 0 Å². The quantitative estimate of drug-likeness (QED) is 0.136. The zero-order chi connectivity index (χ0) is 50.8. The van der Waals surface area contributed by atoms with Crippen LogP contribution in [0, 0.1) is 0 Å². The standard InChI is InChI=1S/C70H66N2O/c1-45(2)49-29-33-65(61(37-49)47-19-13-11-14-20-47)71(57-25-17-23-55(43-57)69(5,6)7)59-31-27-51-39-63-64-40-52-28-32-60(36-54(52)42-68(64)73-67(63)41-53(51)35-59)72(58-26-18-24-56(44-58)70(8,9)10)66-34-30-50(46(3)4)38-62(66)48-21-15-12-16-22-48/h11-46H,1-10H3. The monoisotopic (exact) mass is 951 g/mol. The van der Waals surface area contributed by atoms with E-state index in [-0.39, 0.29) is 10.8 Å². The molecule has 0 spiro atoms. The highest BCUT2D eigenvalue weighted by Crippen LogP contribution is 2.47. The van der Waals surface area contributed by atoms with Crippen molar-refractivity contribution in [1.29, 1.82) is 0 Å². The van der Waals surface area contributed by atoms with Gasteiger partial charge < -0.3 is 14.2 Å². The summed E-state index contributed by atoms with van der Waals surface area (Å²) in [7, 11) is 0. The molecule has 73 heavy (non-hydrogen) atoms. The molecule has 1 aromatic heterocycles. The molecule has 1 heterocycles. The zero-order valence-corrected chi connectivity index (χ0v) is 44.1. The summed E-state index contributed by atoms with van der Waals surface area (Å²) >= 11 is 0. The Hall–Kier alpha value is -7.88. The number of fused-ring (bicyclic) bond motifs is 5. The van der Waals surface area contributed by atoms with Crippen LogP contribution in [0.4, 0.5) is 34.1 Å². The highest BCUT2D eigenvalue weighted by molar-refractivity contribution is 6.14. The lowest BCUT2D eigenvalue weighted by molar-refractivity contribution is 0.590. The van der Waals surface area contributed by atoms with Gasteiger partial charge in [-0.05, 0) is 175 Å². The van der Waals surface area contributed by atoms with Crippen LogP contribution < -0.4 is 9.80 Å². The third kappa shape index (κ3) is 9.19. The van der Waals surface area contributed by atoms with E-state index in [1.165, 1.54) is 55.3 Å². The molecule has 3 nitrogen and oxygen atoms in total. The molecule has 362 valence electrons. The minimum atomic E-state index is -0.0168. The van der Waals surface area contributed by atoms with E-state index < -0.39 is 0 Å². The Morgan fingerprint density at radius 3 is 1.12 bits per heavy atom. The lowest BCUT2D eigenvalue weighted by Crippen LogP contribution is -2.15. The number of hydrogen-bond donors (Lipinski definition) is 0. The van der Waals surface area contributed by atoms with Gasteiger partial charge in [0, 0.05) is 44.6 Å². The first kappa shape index (κ1) is 47.4. The molecule has 0 aliphatic rings. The third-order valence-corrected chi connectivity index (χ3v) is 14.8. The third-order valence-electron chi connectivity index (χ3n) is 14.8. The molecule has 0 fully saturated rings. The Bertz CT molecular complexity index is 3580. The van der Waals surface area contributed by atoms with Gasteiger partial charge >= 0.3 is 0 Å². The van der Waals surface area contributed by atoms with Gasteiger partial charge in [-0.15, -0.1) is 0 Å². The highest BCUT2D eigenvalue weighted by Gasteiger charge is 2.24. The first-order chi connectivity index (χ1) is 35.1. The summed E-state index contributed by atoms with van der Waals surface area (Å²) in [5.74, 6) is 0.791. The number of furan rings is 1. The SMILES string of the molecule is CC(C)c1ccc(N(c2cccc(C(C)(C)C)c2)c2ccc3cc4c(cc3c2)oc2cc3cc(N(c5cccc(C(C)(C)C)c5)c5ccc(C(C)C)cc5-c5ccccc5)ccc3cc24)c(-c2ccccc2)c1. The summed E-state index contributed by atoms with van der Waals surface area (Å²) in [5, 5.41) is 6.82. The van der Waals surface area contributed by atoms with Crippen molar-refractivity contribution >= 4 is 77.6 Å². The summed E-state index contributed by atoms with van der Waals surface area (Å²) in [4.78, 5) is 4.89. The van der Waals surface area contributed by atoms with Crippen molar-refractivity contribution in [3.63, 3.8) is 0 Å². The van der Waals surface area contributed by atoms with Crippen LogP contribution in [-0.2, 0) is 10.8 Å². The van der Waals surface area contributed by atoms with E-state index in [2.05, 4.69) is 285 Å². The highest BCUT2D eigenvalue weighted by atomic mass is 16.3. The maximum Gasteiger partial charge on any atom is 0.136 e. The molecular formula is C70H66N2O. The molecule has 0 radical (unpaired) electrons. The second kappa shape index (κ2) is 18.6.